The second kappa shape index (κ2) is 11.3. The van der Waals surface area contributed by atoms with Gasteiger partial charge < -0.3 is 10.2 Å². The third-order valence-corrected chi connectivity index (χ3v) is 7.97. The van der Waals surface area contributed by atoms with Gasteiger partial charge in [0, 0.05) is 55.6 Å². The Labute approximate surface area is 239 Å². The first-order valence-electron chi connectivity index (χ1n) is 13.9. The molecule has 0 radical (unpaired) electrons. The van der Waals surface area contributed by atoms with Gasteiger partial charge in [-0.3, -0.25) is 10.00 Å². The van der Waals surface area contributed by atoms with Gasteiger partial charge in [-0.15, -0.1) is 0 Å². The van der Waals surface area contributed by atoms with E-state index in [1.165, 1.54) is 5.56 Å². The fraction of sp³-hybridized carbons (Fsp3) is 0.250. The maximum Gasteiger partial charge on any atom is 0.320 e. The average molecular weight is 547 g/mol. The van der Waals surface area contributed by atoms with Gasteiger partial charge >= 0.3 is 6.03 Å². The zero-order valence-electron chi connectivity index (χ0n) is 23.5. The zero-order valence-corrected chi connectivity index (χ0v) is 23.5. The van der Waals surface area contributed by atoms with E-state index in [0.29, 0.717) is 5.82 Å². The van der Waals surface area contributed by atoms with Crippen molar-refractivity contribution in [2.24, 2.45) is 7.05 Å². The van der Waals surface area contributed by atoms with Crippen molar-refractivity contribution in [3.8, 4) is 16.9 Å². The number of benzene rings is 2. The van der Waals surface area contributed by atoms with Crippen molar-refractivity contribution in [2.75, 3.05) is 17.3 Å². The smallest absolute Gasteiger partial charge is 0.320 e. The zero-order chi connectivity index (χ0) is 28.3. The fourth-order valence-corrected chi connectivity index (χ4v) is 5.83. The van der Waals surface area contributed by atoms with Gasteiger partial charge in [0.15, 0.2) is 0 Å². The Kier molecular flexibility index (Phi) is 7.24. The summed E-state index contributed by atoms with van der Waals surface area (Å²) in [6, 6.07) is 26.1. The SMILES string of the molecule is Cc1c(-c2cnn(C)c2)nn(-c2ccccc2)c1NC(=O)N[C@@H]1C[C@@H](N(C)c2ccccn2)C[C@H]1c1ccccc1. The Morgan fingerprint density at radius 2 is 1.71 bits per heavy atom. The van der Waals surface area contributed by atoms with E-state index in [2.05, 4.69) is 56.9 Å². The van der Waals surface area contributed by atoms with Crippen LogP contribution >= 0.6 is 0 Å². The van der Waals surface area contributed by atoms with Crippen LogP contribution in [0, 0.1) is 6.92 Å². The Bertz CT molecular complexity index is 1610. The maximum absolute atomic E-state index is 13.7. The largest absolute Gasteiger partial charge is 0.357 e. The molecule has 2 amide bonds. The topological polar surface area (TPSA) is 92.9 Å². The summed E-state index contributed by atoms with van der Waals surface area (Å²) in [6.07, 6.45) is 7.24. The van der Waals surface area contributed by atoms with Crippen molar-refractivity contribution in [1.29, 1.82) is 0 Å². The molecule has 3 aromatic heterocycles. The number of hydrogen-bond donors (Lipinski definition) is 2. The fourth-order valence-electron chi connectivity index (χ4n) is 5.83. The minimum atomic E-state index is -0.255. The molecule has 0 unspecified atom stereocenters. The summed E-state index contributed by atoms with van der Waals surface area (Å²) in [5.74, 6) is 1.73. The summed E-state index contributed by atoms with van der Waals surface area (Å²) in [6.45, 7) is 1.98. The van der Waals surface area contributed by atoms with Crippen LogP contribution in [0.25, 0.3) is 16.9 Å². The molecule has 1 fully saturated rings. The minimum Gasteiger partial charge on any atom is -0.357 e. The summed E-state index contributed by atoms with van der Waals surface area (Å²) in [7, 11) is 3.96. The van der Waals surface area contributed by atoms with Crippen LogP contribution in [0.15, 0.2) is 97.5 Å². The van der Waals surface area contributed by atoms with Crippen molar-refractivity contribution in [1.82, 2.24) is 29.9 Å². The Balaban J connectivity index is 1.28. The molecule has 1 aliphatic carbocycles. The molecule has 2 aromatic carbocycles. The van der Waals surface area contributed by atoms with Gasteiger partial charge in [-0.05, 0) is 49.6 Å². The first-order valence-corrected chi connectivity index (χ1v) is 13.9. The highest BCUT2D eigenvalue weighted by molar-refractivity contribution is 5.91. The monoisotopic (exact) mass is 546 g/mol. The third kappa shape index (κ3) is 5.43. The number of nitrogens with zero attached hydrogens (tertiary/aromatic N) is 6. The average Bonchev–Trinajstić information content (AvgIpc) is 3.71. The number of carbonyl (C=O) groups is 1. The van der Waals surface area contributed by atoms with Gasteiger partial charge in [0.2, 0.25) is 0 Å². The predicted octanol–water partition coefficient (Wildman–Crippen LogP) is 5.55. The van der Waals surface area contributed by atoms with E-state index in [9.17, 15) is 4.79 Å². The van der Waals surface area contributed by atoms with Crippen LogP contribution in [-0.4, -0.2) is 49.7 Å². The number of pyridine rings is 1. The summed E-state index contributed by atoms with van der Waals surface area (Å²) < 4.78 is 3.54. The standard InChI is InChI=1S/C32H34N8O/c1-22-30(24-20-34-38(2)21-24)37-40(25-14-8-5-9-15-25)31(22)36-32(41)35-28-19-26(39(3)29-16-10-11-17-33-29)18-27(28)23-12-6-4-7-13-23/h4-17,20-21,26-28H,18-19H2,1-3H3,(H2,35,36,41)/t26-,27-,28+/m0/s1. The van der Waals surface area contributed by atoms with Crippen molar-refractivity contribution >= 4 is 17.7 Å². The lowest BCUT2D eigenvalue weighted by Crippen LogP contribution is -2.40. The van der Waals surface area contributed by atoms with Crippen molar-refractivity contribution in [2.45, 2.75) is 37.8 Å². The number of carbonyl (C=O) groups excluding carboxylic acids is 1. The molecule has 0 saturated heterocycles. The summed E-state index contributed by atoms with van der Waals surface area (Å²) in [5.41, 5.74) is 4.62. The third-order valence-electron chi connectivity index (χ3n) is 7.97. The summed E-state index contributed by atoms with van der Waals surface area (Å²) in [4.78, 5) is 20.4. The highest BCUT2D eigenvalue weighted by atomic mass is 16.2. The Morgan fingerprint density at radius 3 is 2.39 bits per heavy atom. The number of para-hydroxylation sites is 1. The molecule has 6 rings (SSSR count). The molecule has 5 aromatic rings. The lowest BCUT2D eigenvalue weighted by atomic mass is 9.94. The molecular formula is C32H34N8O. The molecule has 0 aliphatic heterocycles. The molecule has 9 heteroatoms. The van der Waals surface area contributed by atoms with E-state index in [0.717, 1.165) is 41.2 Å². The molecule has 9 nitrogen and oxygen atoms in total. The van der Waals surface area contributed by atoms with Crippen LogP contribution in [0.1, 0.15) is 29.9 Å². The molecule has 3 atom stereocenters. The number of anilines is 2. The van der Waals surface area contributed by atoms with E-state index in [4.69, 9.17) is 5.10 Å². The second-order valence-electron chi connectivity index (χ2n) is 10.6. The van der Waals surface area contributed by atoms with Gasteiger partial charge in [0.05, 0.1) is 11.9 Å². The predicted molar refractivity (Wildman–Crippen MR) is 161 cm³/mol. The quantitative estimate of drug-likeness (QED) is 0.279. The van der Waals surface area contributed by atoms with Crippen molar-refractivity contribution in [3.63, 3.8) is 0 Å². The first kappa shape index (κ1) is 26.3. The van der Waals surface area contributed by atoms with Crippen LogP contribution < -0.4 is 15.5 Å². The number of nitrogens with one attached hydrogen (secondary N) is 2. The molecule has 0 bridgehead atoms. The van der Waals surface area contributed by atoms with E-state index in [1.54, 1.807) is 15.6 Å². The van der Waals surface area contributed by atoms with Gasteiger partial charge in [-0.25, -0.2) is 14.5 Å². The van der Waals surface area contributed by atoms with E-state index in [1.807, 2.05) is 81.0 Å². The number of aromatic nitrogens is 5. The lowest BCUT2D eigenvalue weighted by molar-refractivity contribution is 0.247. The lowest BCUT2D eigenvalue weighted by Gasteiger charge is -2.25. The molecule has 3 heterocycles. The highest BCUT2D eigenvalue weighted by Crippen LogP contribution is 2.38. The van der Waals surface area contributed by atoms with E-state index in [-0.39, 0.29) is 24.0 Å². The van der Waals surface area contributed by atoms with Crippen LogP contribution in [-0.2, 0) is 7.05 Å². The maximum atomic E-state index is 13.7. The Hall–Kier alpha value is -4.92. The van der Waals surface area contributed by atoms with Crippen LogP contribution in [0.3, 0.4) is 0 Å². The molecule has 2 N–H and O–H groups in total. The summed E-state index contributed by atoms with van der Waals surface area (Å²) in [5, 5.41) is 15.7. The number of hydrogen-bond acceptors (Lipinski definition) is 5. The molecule has 1 aliphatic rings. The minimum absolute atomic E-state index is 0.0558. The van der Waals surface area contributed by atoms with Crippen LogP contribution in [0.2, 0.25) is 0 Å². The number of rotatable bonds is 7. The van der Waals surface area contributed by atoms with Crippen LogP contribution in [0.4, 0.5) is 16.4 Å². The number of amides is 2. The Morgan fingerprint density at radius 1 is 0.976 bits per heavy atom. The van der Waals surface area contributed by atoms with Crippen molar-refractivity contribution in [3.05, 3.63) is 109 Å². The van der Waals surface area contributed by atoms with Gasteiger partial charge in [0.25, 0.3) is 0 Å². The van der Waals surface area contributed by atoms with E-state index < -0.39 is 0 Å². The second-order valence-corrected chi connectivity index (χ2v) is 10.6. The molecule has 41 heavy (non-hydrogen) atoms. The normalized spacial score (nSPS) is 18.3. The number of urea groups is 1. The molecular weight excluding hydrogens is 512 g/mol. The van der Waals surface area contributed by atoms with Crippen LogP contribution in [0.5, 0.6) is 0 Å². The molecule has 0 spiro atoms. The number of aryl methyl sites for hydroxylation is 1. The highest BCUT2D eigenvalue weighted by Gasteiger charge is 2.38. The van der Waals surface area contributed by atoms with Gasteiger partial charge in [0.1, 0.15) is 17.3 Å². The van der Waals surface area contributed by atoms with Gasteiger partial charge in [-0.1, -0.05) is 54.6 Å². The van der Waals surface area contributed by atoms with Crippen molar-refractivity contribution < 1.29 is 4.79 Å². The van der Waals surface area contributed by atoms with Gasteiger partial charge in [-0.2, -0.15) is 10.2 Å². The summed E-state index contributed by atoms with van der Waals surface area (Å²) >= 11 is 0. The first-order chi connectivity index (χ1) is 20.0. The van der Waals surface area contributed by atoms with E-state index >= 15 is 0 Å². The molecule has 208 valence electrons. The molecule has 1 saturated carbocycles.